The van der Waals surface area contributed by atoms with E-state index in [-0.39, 0.29) is 16.6 Å². The van der Waals surface area contributed by atoms with Crippen LogP contribution in [0.3, 0.4) is 0 Å². The predicted molar refractivity (Wildman–Crippen MR) is 164 cm³/mol. The largest absolute Gasteiger partial charge is 0.378 e. The van der Waals surface area contributed by atoms with E-state index >= 15 is 0 Å². The molecular formula is C32H64N4O3. The van der Waals surface area contributed by atoms with Gasteiger partial charge in [-0.1, -0.05) is 41.5 Å². The first-order valence-electron chi connectivity index (χ1n) is 15.1. The van der Waals surface area contributed by atoms with Crippen molar-refractivity contribution < 1.29 is 14.2 Å². The Morgan fingerprint density at radius 3 is 1.77 bits per heavy atom. The fourth-order valence-electron chi connectivity index (χ4n) is 4.38. The lowest BCUT2D eigenvalue weighted by molar-refractivity contribution is -0.0735. The Labute approximate surface area is 242 Å². The van der Waals surface area contributed by atoms with Gasteiger partial charge in [-0.15, -0.1) is 0 Å². The molecule has 0 saturated carbocycles. The van der Waals surface area contributed by atoms with Gasteiger partial charge < -0.3 is 18.8 Å². The molecule has 1 fully saturated rings. The third kappa shape index (κ3) is 21.4. The van der Waals surface area contributed by atoms with Gasteiger partial charge in [-0.05, 0) is 78.1 Å². The normalized spacial score (nSPS) is 17.1. The average Bonchev–Trinajstić information content (AvgIpc) is 3.46. The van der Waals surface area contributed by atoms with Gasteiger partial charge in [-0.3, -0.25) is 9.80 Å². The first kappa shape index (κ1) is 36.0. The molecule has 0 aliphatic carbocycles. The lowest BCUT2D eigenvalue weighted by Crippen LogP contribution is -2.39. The van der Waals surface area contributed by atoms with Gasteiger partial charge in [-0.25, -0.2) is 4.98 Å². The summed E-state index contributed by atoms with van der Waals surface area (Å²) in [7, 11) is 0. The zero-order chi connectivity index (χ0) is 29.7. The van der Waals surface area contributed by atoms with Crippen molar-refractivity contribution in [2.24, 2.45) is 10.8 Å². The highest BCUT2D eigenvalue weighted by Gasteiger charge is 2.22. The number of rotatable bonds is 13. The van der Waals surface area contributed by atoms with E-state index < -0.39 is 0 Å². The predicted octanol–water partition coefficient (Wildman–Crippen LogP) is 7.07. The van der Waals surface area contributed by atoms with Gasteiger partial charge in [0.25, 0.3) is 0 Å². The van der Waals surface area contributed by atoms with E-state index in [0.717, 1.165) is 52.2 Å². The average molecular weight is 553 g/mol. The number of hydrogen-bond acceptors (Lipinski definition) is 6. The fraction of sp³-hybridized carbons (Fsp3) is 0.906. The minimum absolute atomic E-state index is 0.0695. The molecule has 0 radical (unpaired) electrons. The van der Waals surface area contributed by atoms with E-state index in [2.05, 4.69) is 102 Å². The van der Waals surface area contributed by atoms with Crippen LogP contribution in [0, 0.1) is 10.8 Å². The molecule has 1 aliphatic heterocycles. The summed E-state index contributed by atoms with van der Waals surface area (Å²) in [6.07, 6.45) is 10.9. The highest BCUT2D eigenvalue weighted by Crippen LogP contribution is 2.20. The standard InChI is InChI=1S/C16H31N3O.C16H33NO2/c1-15(2,3)12-19(14-20-16(4,5)6)10-7-9-18-11-8-17-13-18;1-15(2,3)12-17(13-19-16(4,5)6)10-9-14-8-7-11-18-14/h8,11,13H,7,9-10,12,14H2,1-6H3;14H,7-13H2,1-6H3. The lowest BCUT2D eigenvalue weighted by atomic mass is 9.96. The first-order valence-corrected chi connectivity index (χ1v) is 15.1. The van der Waals surface area contributed by atoms with Gasteiger partial charge in [0, 0.05) is 51.7 Å². The number of ether oxygens (including phenoxy) is 3. The second-order valence-corrected chi connectivity index (χ2v) is 15.6. The van der Waals surface area contributed by atoms with Crippen LogP contribution in [0.2, 0.25) is 0 Å². The highest BCUT2D eigenvalue weighted by molar-refractivity contribution is 4.75. The maximum absolute atomic E-state index is 5.94. The molecule has 1 aromatic rings. The molecule has 7 nitrogen and oxygen atoms in total. The molecule has 1 aromatic heterocycles. The van der Waals surface area contributed by atoms with Crippen molar-refractivity contribution >= 4 is 0 Å². The van der Waals surface area contributed by atoms with Gasteiger partial charge in [0.15, 0.2) is 0 Å². The second-order valence-electron chi connectivity index (χ2n) is 15.6. The molecule has 0 bridgehead atoms. The van der Waals surface area contributed by atoms with Crippen LogP contribution in [-0.4, -0.2) is 82.9 Å². The molecule has 7 heteroatoms. The molecule has 1 saturated heterocycles. The van der Waals surface area contributed by atoms with E-state index in [1.54, 1.807) is 0 Å². The zero-order valence-corrected chi connectivity index (χ0v) is 27.8. The van der Waals surface area contributed by atoms with Crippen molar-refractivity contribution in [2.75, 3.05) is 46.2 Å². The molecule has 1 aliphatic rings. The Bertz CT molecular complexity index is 733. The lowest BCUT2D eigenvalue weighted by Gasteiger charge is -2.32. The summed E-state index contributed by atoms with van der Waals surface area (Å²) in [5.74, 6) is 0. The summed E-state index contributed by atoms with van der Waals surface area (Å²) in [6.45, 7) is 33.9. The number of hydrogen-bond donors (Lipinski definition) is 0. The van der Waals surface area contributed by atoms with Crippen LogP contribution in [0.15, 0.2) is 18.7 Å². The van der Waals surface area contributed by atoms with E-state index in [4.69, 9.17) is 14.2 Å². The van der Waals surface area contributed by atoms with Crippen LogP contribution in [0.25, 0.3) is 0 Å². The molecular weight excluding hydrogens is 488 g/mol. The summed E-state index contributed by atoms with van der Waals surface area (Å²) >= 11 is 0. The molecule has 39 heavy (non-hydrogen) atoms. The van der Waals surface area contributed by atoms with Crippen LogP contribution in [0.4, 0.5) is 0 Å². The highest BCUT2D eigenvalue weighted by atomic mass is 16.5. The van der Waals surface area contributed by atoms with E-state index in [1.807, 2.05) is 18.7 Å². The Morgan fingerprint density at radius 1 is 0.821 bits per heavy atom. The Balaban J connectivity index is 0.000000391. The minimum atomic E-state index is -0.0829. The Hall–Kier alpha value is -0.990. The summed E-state index contributed by atoms with van der Waals surface area (Å²) in [4.78, 5) is 8.90. The molecule has 0 N–H and O–H groups in total. The van der Waals surface area contributed by atoms with Crippen LogP contribution < -0.4 is 0 Å². The van der Waals surface area contributed by atoms with E-state index in [9.17, 15) is 0 Å². The first-order chi connectivity index (χ1) is 17.8. The van der Waals surface area contributed by atoms with Gasteiger partial charge in [0.2, 0.25) is 0 Å². The second kappa shape index (κ2) is 16.5. The van der Waals surface area contributed by atoms with E-state index in [1.165, 1.54) is 12.8 Å². The smallest absolute Gasteiger partial charge is 0.0997 e. The van der Waals surface area contributed by atoms with Crippen molar-refractivity contribution in [3.63, 3.8) is 0 Å². The fourth-order valence-corrected chi connectivity index (χ4v) is 4.38. The zero-order valence-electron chi connectivity index (χ0n) is 27.8. The van der Waals surface area contributed by atoms with Crippen molar-refractivity contribution in [3.8, 4) is 0 Å². The van der Waals surface area contributed by atoms with Crippen molar-refractivity contribution in [1.82, 2.24) is 19.4 Å². The number of imidazole rings is 1. The number of aromatic nitrogens is 2. The maximum Gasteiger partial charge on any atom is 0.0997 e. The summed E-state index contributed by atoms with van der Waals surface area (Å²) in [5.41, 5.74) is 0.439. The quantitative estimate of drug-likeness (QED) is 0.244. The van der Waals surface area contributed by atoms with Crippen LogP contribution in [0.1, 0.15) is 109 Å². The molecule has 0 aromatic carbocycles. The Kier molecular flexibility index (Phi) is 15.2. The van der Waals surface area contributed by atoms with Crippen LogP contribution in [-0.2, 0) is 20.8 Å². The minimum Gasteiger partial charge on any atom is -0.378 e. The third-order valence-corrected chi connectivity index (χ3v) is 6.00. The molecule has 2 heterocycles. The maximum atomic E-state index is 5.94. The van der Waals surface area contributed by atoms with Gasteiger partial charge >= 0.3 is 0 Å². The molecule has 1 atom stereocenters. The molecule has 230 valence electrons. The van der Waals surface area contributed by atoms with Crippen LogP contribution >= 0.6 is 0 Å². The SMILES string of the molecule is CC(C)(C)CN(CCC1CCCO1)COC(C)(C)C.CC(C)(C)CN(CCCn1ccnc1)COC(C)(C)C. The molecule has 0 amide bonds. The topological polar surface area (TPSA) is 52.0 Å². The summed E-state index contributed by atoms with van der Waals surface area (Å²) in [5, 5.41) is 0. The van der Waals surface area contributed by atoms with Crippen molar-refractivity contribution in [3.05, 3.63) is 18.7 Å². The number of nitrogens with zero attached hydrogens (tertiary/aromatic N) is 4. The monoisotopic (exact) mass is 552 g/mol. The van der Waals surface area contributed by atoms with Crippen LogP contribution in [0.5, 0.6) is 0 Å². The molecule has 1 unspecified atom stereocenters. The summed E-state index contributed by atoms with van der Waals surface area (Å²) < 4.78 is 19.7. The Morgan fingerprint density at radius 2 is 1.36 bits per heavy atom. The molecule has 0 spiro atoms. The summed E-state index contributed by atoms with van der Waals surface area (Å²) in [6, 6.07) is 0. The third-order valence-electron chi connectivity index (χ3n) is 6.00. The van der Waals surface area contributed by atoms with Crippen molar-refractivity contribution in [2.45, 2.75) is 133 Å². The van der Waals surface area contributed by atoms with Gasteiger partial charge in [0.1, 0.15) is 0 Å². The van der Waals surface area contributed by atoms with Crippen molar-refractivity contribution in [1.29, 1.82) is 0 Å². The van der Waals surface area contributed by atoms with Gasteiger partial charge in [-0.2, -0.15) is 0 Å². The van der Waals surface area contributed by atoms with E-state index in [0.29, 0.717) is 25.0 Å². The number of aryl methyl sites for hydroxylation is 1. The molecule has 2 rings (SSSR count). The van der Waals surface area contributed by atoms with Gasteiger partial charge in [0.05, 0.1) is 37.1 Å².